The first-order chi connectivity index (χ1) is 10.3. The summed E-state index contributed by atoms with van der Waals surface area (Å²) >= 11 is 0. The minimum Gasteiger partial charge on any atom is -0.396 e. The van der Waals surface area contributed by atoms with E-state index in [0.717, 1.165) is 12.1 Å². The van der Waals surface area contributed by atoms with Gasteiger partial charge in [-0.3, -0.25) is 4.79 Å². The van der Waals surface area contributed by atoms with E-state index in [-0.39, 0.29) is 30.4 Å². The maximum Gasteiger partial charge on any atom is 0.416 e. The van der Waals surface area contributed by atoms with Gasteiger partial charge in [-0.05, 0) is 43.7 Å². The summed E-state index contributed by atoms with van der Waals surface area (Å²) in [6.45, 7) is 1.94. The molecule has 1 aromatic rings. The van der Waals surface area contributed by atoms with Crippen molar-refractivity contribution >= 4 is 5.91 Å². The molecule has 0 radical (unpaired) electrons. The molecule has 2 N–H and O–H groups in total. The second kappa shape index (κ2) is 6.69. The van der Waals surface area contributed by atoms with Crippen molar-refractivity contribution in [3.05, 3.63) is 35.4 Å². The molecular formula is C16H20F3NO2. The summed E-state index contributed by atoms with van der Waals surface area (Å²) in [4.78, 5) is 12.0. The summed E-state index contributed by atoms with van der Waals surface area (Å²) in [6.07, 6.45) is -2.48. The Morgan fingerprint density at radius 1 is 1.45 bits per heavy atom. The Hall–Kier alpha value is -1.56. The van der Waals surface area contributed by atoms with Crippen LogP contribution in [0.2, 0.25) is 0 Å². The van der Waals surface area contributed by atoms with Gasteiger partial charge in [0.1, 0.15) is 0 Å². The van der Waals surface area contributed by atoms with Gasteiger partial charge < -0.3 is 10.4 Å². The maximum absolute atomic E-state index is 12.7. The Morgan fingerprint density at radius 2 is 2.18 bits per heavy atom. The van der Waals surface area contributed by atoms with Crippen molar-refractivity contribution in [1.82, 2.24) is 5.32 Å². The number of carbonyl (C=O) groups is 1. The molecule has 1 fully saturated rings. The van der Waals surface area contributed by atoms with Crippen molar-refractivity contribution in [2.75, 3.05) is 6.61 Å². The number of aliphatic hydroxyl groups is 1. The van der Waals surface area contributed by atoms with Crippen molar-refractivity contribution < 1.29 is 23.1 Å². The molecule has 122 valence electrons. The Labute approximate surface area is 127 Å². The molecular weight excluding hydrogens is 295 g/mol. The third-order valence-electron chi connectivity index (χ3n) is 3.95. The first kappa shape index (κ1) is 16.8. The molecule has 6 heteroatoms. The second-order valence-corrected chi connectivity index (χ2v) is 5.85. The number of amides is 1. The third-order valence-corrected chi connectivity index (χ3v) is 3.95. The normalized spacial score (nSPS) is 22.2. The molecule has 0 saturated heterocycles. The van der Waals surface area contributed by atoms with Crippen LogP contribution in [-0.4, -0.2) is 23.7 Å². The molecule has 1 saturated carbocycles. The largest absolute Gasteiger partial charge is 0.416 e. The highest BCUT2D eigenvalue weighted by Gasteiger charge is 2.44. The van der Waals surface area contributed by atoms with E-state index < -0.39 is 11.7 Å². The van der Waals surface area contributed by atoms with Gasteiger partial charge in [0.25, 0.3) is 0 Å². The molecule has 1 aromatic carbocycles. The van der Waals surface area contributed by atoms with Crippen LogP contribution in [0.15, 0.2) is 24.3 Å². The fraction of sp³-hybridized carbons (Fsp3) is 0.562. The quantitative estimate of drug-likeness (QED) is 0.847. The SMILES string of the molecule is CC(CCCO)NC(=O)C1CC1c1cccc(C(F)(F)F)c1. The summed E-state index contributed by atoms with van der Waals surface area (Å²) < 4.78 is 38.1. The van der Waals surface area contributed by atoms with E-state index in [1.54, 1.807) is 6.07 Å². The van der Waals surface area contributed by atoms with Crippen molar-refractivity contribution in [3.8, 4) is 0 Å². The molecule has 22 heavy (non-hydrogen) atoms. The molecule has 2 rings (SSSR count). The van der Waals surface area contributed by atoms with Crippen LogP contribution in [-0.2, 0) is 11.0 Å². The predicted octanol–water partition coefficient (Wildman–Crippen LogP) is 3.09. The third kappa shape index (κ3) is 4.22. The molecule has 0 bridgehead atoms. The standard InChI is InChI=1S/C16H20F3NO2/c1-10(4-3-7-21)20-15(22)14-9-13(14)11-5-2-6-12(8-11)16(17,18)19/h2,5-6,8,10,13-14,21H,3-4,7,9H2,1H3,(H,20,22). The average Bonchev–Trinajstić information content (AvgIpc) is 3.25. The molecule has 0 aliphatic heterocycles. The highest BCUT2D eigenvalue weighted by Crippen LogP contribution is 2.48. The second-order valence-electron chi connectivity index (χ2n) is 5.85. The average molecular weight is 315 g/mol. The zero-order valence-electron chi connectivity index (χ0n) is 12.4. The number of benzene rings is 1. The van der Waals surface area contributed by atoms with Crippen molar-refractivity contribution in [2.45, 2.75) is 44.3 Å². The summed E-state index contributed by atoms with van der Waals surface area (Å²) in [5.41, 5.74) is -0.106. The molecule has 0 heterocycles. The molecule has 3 nitrogen and oxygen atoms in total. The van der Waals surface area contributed by atoms with Crippen LogP contribution < -0.4 is 5.32 Å². The minimum absolute atomic E-state index is 0.0394. The number of alkyl halides is 3. The number of halogens is 3. The first-order valence-corrected chi connectivity index (χ1v) is 7.41. The fourth-order valence-corrected chi connectivity index (χ4v) is 2.62. The van der Waals surface area contributed by atoms with E-state index in [4.69, 9.17) is 5.11 Å². The number of hydrogen-bond donors (Lipinski definition) is 2. The lowest BCUT2D eigenvalue weighted by Crippen LogP contribution is -2.34. The van der Waals surface area contributed by atoms with Gasteiger partial charge in [0.15, 0.2) is 0 Å². The van der Waals surface area contributed by atoms with Crippen LogP contribution in [0.25, 0.3) is 0 Å². The highest BCUT2D eigenvalue weighted by molar-refractivity contribution is 5.83. The van der Waals surface area contributed by atoms with Crippen LogP contribution >= 0.6 is 0 Å². The van der Waals surface area contributed by atoms with Gasteiger partial charge in [-0.15, -0.1) is 0 Å². The Kier molecular flexibility index (Phi) is 5.11. The van der Waals surface area contributed by atoms with Gasteiger partial charge in [0.2, 0.25) is 5.91 Å². The number of nitrogens with one attached hydrogen (secondary N) is 1. The zero-order chi connectivity index (χ0) is 16.3. The lowest BCUT2D eigenvalue weighted by atomic mass is 10.0. The van der Waals surface area contributed by atoms with E-state index in [9.17, 15) is 18.0 Å². The van der Waals surface area contributed by atoms with Crippen LogP contribution in [0, 0.1) is 5.92 Å². The number of rotatable bonds is 6. The predicted molar refractivity (Wildman–Crippen MR) is 76.2 cm³/mol. The minimum atomic E-state index is -4.36. The molecule has 0 spiro atoms. The van der Waals surface area contributed by atoms with E-state index in [0.29, 0.717) is 24.8 Å². The highest BCUT2D eigenvalue weighted by atomic mass is 19.4. The maximum atomic E-state index is 12.7. The fourth-order valence-electron chi connectivity index (χ4n) is 2.62. The smallest absolute Gasteiger partial charge is 0.396 e. The Bertz CT molecular complexity index is 530. The Balaban J connectivity index is 1.93. The van der Waals surface area contributed by atoms with Crippen LogP contribution in [0.4, 0.5) is 13.2 Å². The van der Waals surface area contributed by atoms with Crippen LogP contribution in [0.3, 0.4) is 0 Å². The summed E-state index contributed by atoms with van der Waals surface area (Å²) in [5.74, 6) is -0.500. The summed E-state index contributed by atoms with van der Waals surface area (Å²) in [7, 11) is 0. The molecule has 3 unspecified atom stereocenters. The van der Waals surface area contributed by atoms with Crippen LogP contribution in [0.1, 0.15) is 43.2 Å². The topological polar surface area (TPSA) is 49.3 Å². The summed E-state index contributed by atoms with van der Waals surface area (Å²) in [5, 5.41) is 11.6. The van der Waals surface area contributed by atoms with Crippen molar-refractivity contribution in [2.24, 2.45) is 5.92 Å². The molecule has 0 aromatic heterocycles. The number of carbonyl (C=O) groups excluding carboxylic acids is 1. The number of hydrogen-bond acceptors (Lipinski definition) is 2. The van der Waals surface area contributed by atoms with E-state index in [1.165, 1.54) is 6.07 Å². The Morgan fingerprint density at radius 3 is 2.82 bits per heavy atom. The van der Waals surface area contributed by atoms with Gasteiger partial charge in [0.05, 0.1) is 5.56 Å². The van der Waals surface area contributed by atoms with Gasteiger partial charge in [0, 0.05) is 18.6 Å². The van der Waals surface area contributed by atoms with Gasteiger partial charge in [-0.1, -0.05) is 18.2 Å². The van der Waals surface area contributed by atoms with Gasteiger partial charge >= 0.3 is 6.18 Å². The van der Waals surface area contributed by atoms with E-state index in [2.05, 4.69) is 5.32 Å². The lowest BCUT2D eigenvalue weighted by molar-refractivity contribution is -0.137. The van der Waals surface area contributed by atoms with Crippen molar-refractivity contribution in [1.29, 1.82) is 0 Å². The van der Waals surface area contributed by atoms with Gasteiger partial charge in [-0.2, -0.15) is 13.2 Å². The first-order valence-electron chi connectivity index (χ1n) is 7.41. The zero-order valence-corrected chi connectivity index (χ0v) is 12.4. The summed E-state index contributed by atoms with van der Waals surface area (Å²) in [6, 6.07) is 5.16. The molecule has 1 aliphatic rings. The van der Waals surface area contributed by atoms with E-state index in [1.807, 2.05) is 6.92 Å². The molecule has 3 atom stereocenters. The van der Waals surface area contributed by atoms with Crippen LogP contribution in [0.5, 0.6) is 0 Å². The lowest BCUT2D eigenvalue weighted by Gasteiger charge is -2.13. The van der Waals surface area contributed by atoms with E-state index >= 15 is 0 Å². The molecule has 1 amide bonds. The van der Waals surface area contributed by atoms with Crippen molar-refractivity contribution in [3.63, 3.8) is 0 Å². The monoisotopic (exact) mass is 315 g/mol. The molecule has 1 aliphatic carbocycles. The van der Waals surface area contributed by atoms with Gasteiger partial charge in [-0.25, -0.2) is 0 Å². The number of aliphatic hydroxyl groups excluding tert-OH is 1.